The summed E-state index contributed by atoms with van der Waals surface area (Å²) in [6, 6.07) is 3.67. The second-order valence-corrected chi connectivity index (χ2v) is 7.64. The molecule has 5 heteroatoms. The van der Waals surface area contributed by atoms with Gasteiger partial charge in [-0.3, -0.25) is 0 Å². The van der Waals surface area contributed by atoms with Gasteiger partial charge in [0.05, 0.1) is 12.1 Å². The van der Waals surface area contributed by atoms with E-state index in [4.69, 9.17) is 4.42 Å². The molecule has 3 atom stereocenters. The van der Waals surface area contributed by atoms with Gasteiger partial charge in [0.15, 0.2) is 0 Å². The number of likely N-dealkylation sites (tertiary alicyclic amines) is 1. The summed E-state index contributed by atoms with van der Waals surface area (Å²) in [5.41, 5.74) is -0.151. The summed E-state index contributed by atoms with van der Waals surface area (Å²) < 4.78 is 5.87. The normalized spacial score (nSPS) is 21.3. The van der Waals surface area contributed by atoms with Crippen molar-refractivity contribution >= 4 is 6.03 Å². The van der Waals surface area contributed by atoms with Gasteiger partial charge in [-0.15, -0.1) is 0 Å². The highest BCUT2D eigenvalue weighted by atomic mass is 16.3. The number of hydrogen-bond donors (Lipinski definition) is 2. The van der Waals surface area contributed by atoms with Crippen molar-refractivity contribution in [1.29, 1.82) is 0 Å². The standard InChI is InChI=1S/C18H30N2O3/c1-6-14-7-8-15(23-14)16(18(3,4)5)19-17(22)20-10-9-13(11-20)12(2)21/h7-8,12-13,16,21H,6,9-11H2,1-5H3,(H,19,22). The van der Waals surface area contributed by atoms with Gasteiger partial charge in [0.1, 0.15) is 11.5 Å². The van der Waals surface area contributed by atoms with Gasteiger partial charge in [0.25, 0.3) is 0 Å². The predicted molar refractivity (Wildman–Crippen MR) is 90.2 cm³/mol. The number of carbonyl (C=O) groups is 1. The average molecular weight is 322 g/mol. The zero-order valence-corrected chi connectivity index (χ0v) is 14.9. The molecule has 0 aliphatic carbocycles. The van der Waals surface area contributed by atoms with Crippen LogP contribution in [-0.4, -0.2) is 35.2 Å². The molecule has 23 heavy (non-hydrogen) atoms. The maximum Gasteiger partial charge on any atom is 0.318 e. The molecule has 2 N–H and O–H groups in total. The van der Waals surface area contributed by atoms with Crippen LogP contribution in [0.3, 0.4) is 0 Å². The molecule has 130 valence electrons. The molecule has 1 fully saturated rings. The SMILES string of the molecule is CCc1ccc(C(NC(=O)N2CCC(C(C)O)C2)C(C)(C)C)o1. The number of nitrogens with zero attached hydrogens (tertiary/aromatic N) is 1. The van der Waals surface area contributed by atoms with Crippen LogP contribution < -0.4 is 5.32 Å². The summed E-state index contributed by atoms with van der Waals surface area (Å²) in [4.78, 5) is 14.4. The van der Waals surface area contributed by atoms with Gasteiger partial charge in [-0.2, -0.15) is 0 Å². The highest BCUT2D eigenvalue weighted by molar-refractivity contribution is 5.75. The van der Waals surface area contributed by atoms with E-state index in [0.29, 0.717) is 13.1 Å². The second-order valence-electron chi connectivity index (χ2n) is 7.64. The molecule has 1 aromatic rings. The molecule has 0 aromatic carbocycles. The number of amides is 2. The van der Waals surface area contributed by atoms with E-state index in [0.717, 1.165) is 24.4 Å². The molecular formula is C18H30N2O3. The first kappa shape index (κ1) is 17.9. The minimum absolute atomic E-state index is 0.0810. The van der Waals surface area contributed by atoms with E-state index in [9.17, 15) is 9.90 Å². The van der Waals surface area contributed by atoms with Gasteiger partial charge in [0, 0.05) is 25.4 Å². The van der Waals surface area contributed by atoms with Crippen LogP contribution in [0.1, 0.15) is 58.6 Å². The van der Waals surface area contributed by atoms with E-state index in [2.05, 4.69) is 26.1 Å². The number of aliphatic hydroxyl groups excluding tert-OH is 1. The molecule has 1 aromatic heterocycles. The van der Waals surface area contributed by atoms with E-state index in [1.54, 1.807) is 11.8 Å². The summed E-state index contributed by atoms with van der Waals surface area (Å²) in [5, 5.41) is 12.8. The van der Waals surface area contributed by atoms with Gasteiger partial charge in [-0.1, -0.05) is 27.7 Å². The Hall–Kier alpha value is -1.49. The molecule has 5 nitrogen and oxygen atoms in total. The third kappa shape index (κ3) is 4.28. The van der Waals surface area contributed by atoms with Crippen molar-refractivity contribution in [3.8, 4) is 0 Å². The highest BCUT2D eigenvalue weighted by Crippen LogP contribution is 2.34. The van der Waals surface area contributed by atoms with Crippen LogP contribution in [0.25, 0.3) is 0 Å². The zero-order valence-electron chi connectivity index (χ0n) is 14.9. The topological polar surface area (TPSA) is 65.7 Å². The van der Waals surface area contributed by atoms with Gasteiger partial charge in [0.2, 0.25) is 0 Å². The van der Waals surface area contributed by atoms with E-state index in [1.807, 2.05) is 19.1 Å². The Kier molecular flexibility index (Phi) is 5.40. The van der Waals surface area contributed by atoms with E-state index < -0.39 is 0 Å². The lowest BCUT2D eigenvalue weighted by Gasteiger charge is -2.31. The molecule has 0 bridgehead atoms. The lowest BCUT2D eigenvalue weighted by molar-refractivity contribution is 0.127. The monoisotopic (exact) mass is 322 g/mol. The fourth-order valence-electron chi connectivity index (χ4n) is 3.03. The Morgan fingerprint density at radius 3 is 2.65 bits per heavy atom. The van der Waals surface area contributed by atoms with Crippen molar-refractivity contribution in [1.82, 2.24) is 10.2 Å². The highest BCUT2D eigenvalue weighted by Gasteiger charge is 2.34. The summed E-state index contributed by atoms with van der Waals surface area (Å²) in [7, 11) is 0. The number of aliphatic hydroxyl groups is 1. The molecule has 1 aliphatic heterocycles. The van der Waals surface area contributed by atoms with Crippen molar-refractivity contribution in [3.05, 3.63) is 23.7 Å². The minimum Gasteiger partial charge on any atom is -0.464 e. The second kappa shape index (κ2) is 6.95. The Morgan fingerprint density at radius 1 is 1.48 bits per heavy atom. The van der Waals surface area contributed by atoms with E-state index in [-0.39, 0.29) is 29.5 Å². The summed E-state index contributed by atoms with van der Waals surface area (Å²) >= 11 is 0. The third-order valence-electron chi connectivity index (χ3n) is 4.64. The molecule has 1 saturated heterocycles. The largest absolute Gasteiger partial charge is 0.464 e. The molecule has 0 spiro atoms. The molecule has 2 rings (SSSR count). The number of urea groups is 1. The fraction of sp³-hybridized carbons (Fsp3) is 0.722. The molecule has 0 radical (unpaired) electrons. The number of furan rings is 1. The molecule has 0 saturated carbocycles. The molecular weight excluding hydrogens is 292 g/mol. The number of hydrogen-bond acceptors (Lipinski definition) is 3. The Bertz CT molecular complexity index is 531. The summed E-state index contributed by atoms with van der Waals surface area (Å²) in [5.74, 6) is 1.90. The minimum atomic E-state index is -0.372. The first-order valence-electron chi connectivity index (χ1n) is 8.54. The van der Waals surface area contributed by atoms with Gasteiger partial charge in [-0.05, 0) is 30.9 Å². The first-order valence-corrected chi connectivity index (χ1v) is 8.54. The quantitative estimate of drug-likeness (QED) is 0.893. The predicted octanol–water partition coefficient (Wildman–Crippen LogP) is 3.34. The lowest BCUT2D eigenvalue weighted by atomic mass is 9.85. The van der Waals surface area contributed by atoms with Gasteiger partial charge >= 0.3 is 6.03 Å². The Morgan fingerprint density at radius 2 is 2.17 bits per heavy atom. The van der Waals surface area contributed by atoms with Crippen LogP contribution in [0.15, 0.2) is 16.5 Å². The van der Waals surface area contributed by atoms with Crippen molar-refractivity contribution in [2.24, 2.45) is 11.3 Å². The van der Waals surface area contributed by atoms with Crippen LogP contribution >= 0.6 is 0 Å². The molecule has 3 unspecified atom stereocenters. The Balaban J connectivity index is 2.08. The maximum atomic E-state index is 12.6. The first-order chi connectivity index (χ1) is 10.7. The number of nitrogens with one attached hydrogen (secondary N) is 1. The van der Waals surface area contributed by atoms with E-state index in [1.165, 1.54) is 0 Å². The van der Waals surface area contributed by atoms with Crippen LogP contribution in [-0.2, 0) is 6.42 Å². The van der Waals surface area contributed by atoms with Crippen molar-refractivity contribution in [2.75, 3.05) is 13.1 Å². The van der Waals surface area contributed by atoms with Crippen molar-refractivity contribution in [2.45, 2.75) is 59.6 Å². The summed E-state index contributed by atoms with van der Waals surface area (Å²) in [6.45, 7) is 11.4. The van der Waals surface area contributed by atoms with Crippen molar-refractivity contribution in [3.63, 3.8) is 0 Å². The molecule has 2 amide bonds. The molecule has 2 heterocycles. The zero-order chi connectivity index (χ0) is 17.2. The summed E-state index contributed by atoms with van der Waals surface area (Å²) in [6.07, 6.45) is 1.32. The van der Waals surface area contributed by atoms with Gasteiger partial charge < -0.3 is 19.7 Å². The third-order valence-corrected chi connectivity index (χ3v) is 4.64. The van der Waals surface area contributed by atoms with Crippen LogP contribution in [0.2, 0.25) is 0 Å². The number of aryl methyl sites for hydroxylation is 1. The van der Waals surface area contributed by atoms with E-state index >= 15 is 0 Å². The fourth-order valence-corrected chi connectivity index (χ4v) is 3.03. The van der Waals surface area contributed by atoms with Crippen LogP contribution in [0.5, 0.6) is 0 Å². The smallest absolute Gasteiger partial charge is 0.318 e. The Labute approximate surface area is 139 Å². The van der Waals surface area contributed by atoms with Crippen LogP contribution in [0, 0.1) is 11.3 Å². The lowest BCUT2D eigenvalue weighted by Crippen LogP contribution is -2.44. The number of rotatable bonds is 4. The molecule has 1 aliphatic rings. The van der Waals surface area contributed by atoms with Crippen LogP contribution in [0.4, 0.5) is 4.79 Å². The number of carbonyl (C=O) groups excluding carboxylic acids is 1. The van der Waals surface area contributed by atoms with Crippen molar-refractivity contribution < 1.29 is 14.3 Å². The average Bonchev–Trinajstić information content (AvgIpc) is 3.12. The maximum absolute atomic E-state index is 12.6. The van der Waals surface area contributed by atoms with Gasteiger partial charge in [-0.25, -0.2) is 4.79 Å².